The molecule has 2 amide bonds. The van der Waals surface area contributed by atoms with Gasteiger partial charge < -0.3 is 14.5 Å². The van der Waals surface area contributed by atoms with Gasteiger partial charge in [-0.2, -0.15) is 0 Å². The van der Waals surface area contributed by atoms with Crippen LogP contribution in [0, 0.1) is 0 Å². The van der Waals surface area contributed by atoms with Gasteiger partial charge in [0.25, 0.3) is 5.91 Å². The lowest BCUT2D eigenvalue weighted by atomic mass is 10.1. The maximum Gasteiger partial charge on any atom is 0.265 e. The Morgan fingerprint density at radius 2 is 1.88 bits per heavy atom. The highest BCUT2D eigenvalue weighted by Crippen LogP contribution is 2.34. The molecule has 7 nitrogen and oxygen atoms in total. The first kappa shape index (κ1) is 18.4. The Morgan fingerprint density at radius 1 is 1.19 bits per heavy atom. The van der Waals surface area contributed by atoms with Gasteiger partial charge in [-0.25, -0.2) is 0 Å². The first-order valence-corrected chi connectivity index (χ1v) is 9.03. The van der Waals surface area contributed by atoms with E-state index < -0.39 is 6.04 Å². The van der Waals surface area contributed by atoms with Crippen LogP contribution in [0.3, 0.4) is 0 Å². The highest BCUT2D eigenvalue weighted by Gasteiger charge is 2.36. The Balaban J connectivity index is 1.84. The summed E-state index contributed by atoms with van der Waals surface area (Å²) in [7, 11) is 0. The first-order valence-electron chi connectivity index (χ1n) is 9.03. The lowest BCUT2D eigenvalue weighted by molar-refractivity contribution is -0.136. The molecule has 0 radical (unpaired) electrons. The number of amides is 2. The molecule has 7 heteroatoms. The van der Waals surface area contributed by atoms with Crippen molar-refractivity contribution in [3.8, 4) is 5.75 Å². The largest absolute Gasteiger partial charge is 0.482 e. The minimum Gasteiger partial charge on any atom is -0.482 e. The maximum absolute atomic E-state index is 13.0. The van der Waals surface area contributed by atoms with E-state index in [-0.39, 0.29) is 24.2 Å². The summed E-state index contributed by atoms with van der Waals surface area (Å²) in [6, 6.07) is 4.35. The van der Waals surface area contributed by atoms with Gasteiger partial charge in [0.2, 0.25) is 5.91 Å². The van der Waals surface area contributed by atoms with E-state index >= 15 is 0 Å². The molecule has 1 fully saturated rings. The molecule has 0 saturated carbocycles. The topological polar surface area (TPSA) is 70.2 Å². The number of ketones is 1. The zero-order valence-corrected chi connectivity index (χ0v) is 15.5. The number of carbonyl (C=O) groups excluding carboxylic acids is 3. The van der Waals surface area contributed by atoms with Crippen molar-refractivity contribution in [2.75, 3.05) is 44.2 Å². The monoisotopic (exact) mass is 359 g/mol. The second kappa shape index (κ2) is 7.45. The molecule has 1 unspecified atom stereocenters. The summed E-state index contributed by atoms with van der Waals surface area (Å²) in [5, 5.41) is 0. The second-order valence-corrected chi connectivity index (χ2v) is 6.73. The number of nitrogens with zero attached hydrogens (tertiary/aromatic N) is 3. The number of fused-ring (bicyclic) bond motifs is 1. The summed E-state index contributed by atoms with van der Waals surface area (Å²) >= 11 is 0. The van der Waals surface area contributed by atoms with Crippen LogP contribution in [-0.4, -0.2) is 72.8 Å². The number of rotatable bonds is 4. The molecule has 1 aromatic rings. The minimum atomic E-state index is -0.638. The van der Waals surface area contributed by atoms with E-state index in [4.69, 9.17) is 4.74 Å². The number of hydrogen-bond acceptors (Lipinski definition) is 5. The van der Waals surface area contributed by atoms with E-state index in [1.54, 1.807) is 25.1 Å². The lowest BCUT2D eigenvalue weighted by Gasteiger charge is -2.39. The fourth-order valence-electron chi connectivity index (χ4n) is 3.47. The Morgan fingerprint density at radius 3 is 2.50 bits per heavy atom. The summed E-state index contributed by atoms with van der Waals surface area (Å²) in [6.45, 7) is 9.20. The molecule has 1 saturated heterocycles. The highest BCUT2D eigenvalue weighted by atomic mass is 16.5. The Bertz CT molecular complexity index is 725. The number of likely N-dealkylation sites (N-methyl/N-ethyl adjacent to an activating group) is 1. The molecule has 2 heterocycles. The van der Waals surface area contributed by atoms with Gasteiger partial charge in [-0.1, -0.05) is 6.92 Å². The van der Waals surface area contributed by atoms with Crippen molar-refractivity contribution in [1.29, 1.82) is 0 Å². The van der Waals surface area contributed by atoms with Crippen molar-refractivity contribution in [3.63, 3.8) is 0 Å². The SMILES string of the molecule is CCN1CCN(C(=O)C(C)N2C(=O)COc3ccc(C(C)=O)cc32)CC1. The van der Waals surface area contributed by atoms with Crippen molar-refractivity contribution >= 4 is 23.3 Å². The molecule has 0 aliphatic carbocycles. The fraction of sp³-hybridized carbons (Fsp3) is 0.526. The van der Waals surface area contributed by atoms with E-state index in [1.807, 2.05) is 4.90 Å². The third-order valence-corrected chi connectivity index (χ3v) is 5.12. The van der Waals surface area contributed by atoms with Gasteiger partial charge >= 0.3 is 0 Å². The summed E-state index contributed by atoms with van der Waals surface area (Å²) in [5.74, 6) is 0.0759. The number of piperazine rings is 1. The quantitative estimate of drug-likeness (QED) is 0.755. The Kier molecular flexibility index (Phi) is 5.27. The molecule has 140 valence electrons. The van der Waals surface area contributed by atoms with Crippen LogP contribution in [0.4, 0.5) is 5.69 Å². The number of anilines is 1. The van der Waals surface area contributed by atoms with E-state index in [0.717, 1.165) is 19.6 Å². The number of Topliss-reactive ketones (excluding diaryl/α,β-unsaturated/α-hetero) is 1. The van der Waals surface area contributed by atoms with Gasteiger partial charge in [-0.15, -0.1) is 0 Å². The van der Waals surface area contributed by atoms with Crippen LogP contribution < -0.4 is 9.64 Å². The molecule has 1 atom stereocenters. The van der Waals surface area contributed by atoms with Gasteiger partial charge in [-0.3, -0.25) is 19.3 Å². The van der Waals surface area contributed by atoms with Crippen LogP contribution in [0.25, 0.3) is 0 Å². The molecular weight excluding hydrogens is 334 g/mol. The molecule has 26 heavy (non-hydrogen) atoms. The summed E-state index contributed by atoms with van der Waals surface area (Å²) in [5.41, 5.74) is 0.977. The van der Waals surface area contributed by atoms with Gasteiger partial charge in [0.05, 0.1) is 5.69 Å². The van der Waals surface area contributed by atoms with Crippen molar-refractivity contribution in [2.24, 2.45) is 0 Å². The number of hydrogen-bond donors (Lipinski definition) is 0. The second-order valence-electron chi connectivity index (χ2n) is 6.73. The van der Waals surface area contributed by atoms with Crippen LogP contribution in [0.1, 0.15) is 31.1 Å². The zero-order valence-electron chi connectivity index (χ0n) is 15.5. The van der Waals surface area contributed by atoms with Crippen LogP contribution in [-0.2, 0) is 9.59 Å². The molecule has 1 aromatic carbocycles. The van der Waals surface area contributed by atoms with E-state index in [9.17, 15) is 14.4 Å². The van der Waals surface area contributed by atoms with E-state index in [2.05, 4.69) is 11.8 Å². The van der Waals surface area contributed by atoms with E-state index in [0.29, 0.717) is 30.1 Å². The van der Waals surface area contributed by atoms with Crippen molar-refractivity contribution in [3.05, 3.63) is 23.8 Å². The lowest BCUT2D eigenvalue weighted by Crippen LogP contribution is -2.56. The van der Waals surface area contributed by atoms with Crippen LogP contribution in [0.5, 0.6) is 5.75 Å². The van der Waals surface area contributed by atoms with Gasteiger partial charge in [0.1, 0.15) is 11.8 Å². The van der Waals surface area contributed by atoms with Gasteiger partial charge in [0.15, 0.2) is 12.4 Å². The highest BCUT2D eigenvalue weighted by molar-refractivity contribution is 6.05. The maximum atomic E-state index is 13.0. The number of benzene rings is 1. The Labute approximate surface area is 153 Å². The van der Waals surface area contributed by atoms with Gasteiger partial charge in [-0.05, 0) is 38.6 Å². The van der Waals surface area contributed by atoms with E-state index in [1.165, 1.54) is 11.8 Å². The fourth-order valence-corrected chi connectivity index (χ4v) is 3.47. The predicted molar refractivity (Wildman–Crippen MR) is 97.6 cm³/mol. The molecule has 0 spiro atoms. The van der Waals surface area contributed by atoms with Crippen molar-refractivity contribution < 1.29 is 19.1 Å². The molecule has 0 N–H and O–H groups in total. The standard InChI is InChI=1S/C19H25N3O4/c1-4-20-7-9-21(10-8-20)19(25)13(2)22-16-11-15(14(3)23)5-6-17(16)26-12-18(22)24/h5-6,11,13H,4,7-10,12H2,1-3H3. The van der Waals surface area contributed by atoms with Gasteiger partial charge in [0, 0.05) is 31.7 Å². The summed E-state index contributed by atoms with van der Waals surface area (Å²) in [6.07, 6.45) is 0. The summed E-state index contributed by atoms with van der Waals surface area (Å²) in [4.78, 5) is 42.8. The molecule has 0 aromatic heterocycles. The molecule has 0 bridgehead atoms. The van der Waals surface area contributed by atoms with Crippen LogP contribution in [0.2, 0.25) is 0 Å². The molecule has 3 rings (SSSR count). The minimum absolute atomic E-state index is 0.0739. The van der Waals surface area contributed by atoms with Crippen molar-refractivity contribution in [1.82, 2.24) is 9.80 Å². The molecular formula is C19H25N3O4. The average molecular weight is 359 g/mol. The van der Waals surface area contributed by atoms with Crippen LogP contribution >= 0.6 is 0 Å². The first-order chi connectivity index (χ1) is 12.4. The summed E-state index contributed by atoms with van der Waals surface area (Å²) < 4.78 is 5.47. The zero-order chi connectivity index (χ0) is 18.8. The number of ether oxygens (including phenoxy) is 1. The number of carbonyl (C=O) groups is 3. The molecule has 2 aliphatic rings. The van der Waals surface area contributed by atoms with Crippen LogP contribution in [0.15, 0.2) is 18.2 Å². The van der Waals surface area contributed by atoms with Crippen molar-refractivity contribution in [2.45, 2.75) is 26.8 Å². The molecule has 2 aliphatic heterocycles. The third kappa shape index (κ3) is 3.44. The average Bonchev–Trinajstić information content (AvgIpc) is 2.66. The third-order valence-electron chi connectivity index (χ3n) is 5.12. The smallest absolute Gasteiger partial charge is 0.265 e. The predicted octanol–water partition coefficient (Wildman–Crippen LogP) is 1.17. The Hall–Kier alpha value is -2.41. The normalized spacial score (nSPS) is 19.0.